The first-order chi connectivity index (χ1) is 10.5. The Hall–Kier alpha value is -1.98. The average Bonchev–Trinajstić information content (AvgIpc) is 3.12. The quantitative estimate of drug-likeness (QED) is 0.731. The minimum Gasteiger partial charge on any atom is -0.297 e. The molecular weight excluding hydrogens is 312 g/mol. The summed E-state index contributed by atoms with van der Waals surface area (Å²) in [5, 5.41) is 5.41. The normalized spacial score (nSPS) is 10.7. The van der Waals surface area contributed by atoms with Gasteiger partial charge in [-0.2, -0.15) is 0 Å². The molecule has 0 saturated carbocycles. The molecule has 3 nitrogen and oxygen atoms in total. The molecule has 2 aromatic heterocycles. The van der Waals surface area contributed by atoms with Crippen LogP contribution in [0.3, 0.4) is 0 Å². The monoisotopic (exact) mass is 328 g/mol. The first kappa shape index (κ1) is 14.9. The zero-order valence-electron chi connectivity index (χ0n) is 12.6. The van der Waals surface area contributed by atoms with Crippen molar-refractivity contribution in [2.24, 2.45) is 0 Å². The Morgan fingerprint density at radius 3 is 2.64 bits per heavy atom. The fourth-order valence-corrected chi connectivity index (χ4v) is 3.62. The third-order valence-electron chi connectivity index (χ3n) is 3.54. The van der Waals surface area contributed by atoms with Crippen LogP contribution >= 0.6 is 22.7 Å². The molecule has 0 fully saturated rings. The van der Waals surface area contributed by atoms with Gasteiger partial charge in [0.15, 0.2) is 5.13 Å². The number of nitrogens with one attached hydrogen (secondary N) is 1. The summed E-state index contributed by atoms with van der Waals surface area (Å²) in [5.41, 5.74) is 4.54. The third kappa shape index (κ3) is 2.96. The van der Waals surface area contributed by atoms with Gasteiger partial charge in [0.1, 0.15) is 0 Å². The molecule has 22 heavy (non-hydrogen) atoms. The number of nitrogens with zero attached hydrogens (tertiary/aromatic N) is 1. The van der Waals surface area contributed by atoms with E-state index in [2.05, 4.69) is 42.3 Å². The summed E-state index contributed by atoms with van der Waals surface area (Å²) in [6.45, 7) is 6.22. The number of thiophene rings is 1. The Morgan fingerprint density at radius 2 is 1.95 bits per heavy atom. The van der Waals surface area contributed by atoms with Gasteiger partial charge in [0.2, 0.25) is 0 Å². The molecule has 0 aliphatic carbocycles. The molecule has 1 amide bonds. The third-order valence-corrected chi connectivity index (χ3v) is 5.30. The fourth-order valence-electron chi connectivity index (χ4n) is 2.17. The Bertz CT molecular complexity index is 819. The van der Waals surface area contributed by atoms with Gasteiger partial charge >= 0.3 is 0 Å². The highest BCUT2D eigenvalue weighted by molar-refractivity contribution is 7.16. The lowest BCUT2D eigenvalue weighted by atomic mass is 10.0. The molecule has 0 saturated heterocycles. The van der Waals surface area contributed by atoms with E-state index in [0.717, 1.165) is 16.1 Å². The summed E-state index contributed by atoms with van der Waals surface area (Å²) in [6, 6.07) is 10.0. The van der Waals surface area contributed by atoms with E-state index in [1.54, 1.807) is 0 Å². The van der Waals surface area contributed by atoms with Gasteiger partial charge in [-0.1, -0.05) is 18.2 Å². The van der Waals surface area contributed by atoms with Crippen LogP contribution in [0.4, 0.5) is 5.13 Å². The van der Waals surface area contributed by atoms with Crippen LogP contribution < -0.4 is 5.32 Å². The van der Waals surface area contributed by atoms with Crippen LogP contribution in [0.25, 0.3) is 11.3 Å². The molecule has 3 rings (SSSR count). The Kier molecular flexibility index (Phi) is 4.09. The van der Waals surface area contributed by atoms with Crippen LogP contribution in [-0.2, 0) is 0 Å². The molecule has 1 aromatic carbocycles. The van der Waals surface area contributed by atoms with Gasteiger partial charge in [-0.15, -0.1) is 22.7 Å². The number of carbonyl (C=O) groups is 1. The van der Waals surface area contributed by atoms with E-state index in [1.807, 2.05) is 24.4 Å². The second kappa shape index (κ2) is 6.02. The van der Waals surface area contributed by atoms with Crippen LogP contribution in [0.15, 0.2) is 35.7 Å². The molecule has 1 N–H and O–H groups in total. The van der Waals surface area contributed by atoms with Crippen molar-refractivity contribution in [3.63, 3.8) is 0 Å². The molecule has 0 atom stereocenters. The lowest BCUT2D eigenvalue weighted by Gasteiger charge is -2.03. The van der Waals surface area contributed by atoms with Crippen LogP contribution in [0, 0.1) is 20.8 Å². The second-order valence-electron chi connectivity index (χ2n) is 5.15. The minimum absolute atomic E-state index is 0.101. The highest BCUT2D eigenvalue weighted by atomic mass is 32.1. The smallest absolute Gasteiger partial charge is 0.267 e. The maximum atomic E-state index is 12.1. The van der Waals surface area contributed by atoms with Crippen LogP contribution in [0.1, 0.15) is 25.7 Å². The summed E-state index contributed by atoms with van der Waals surface area (Å²) in [5.74, 6) is -0.101. The molecule has 0 unspecified atom stereocenters. The molecule has 3 aromatic rings. The van der Waals surface area contributed by atoms with Gasteiger partial charge in [-0.05, 0) is 49.4 Å². The number of anilines is 1. The molecular formula is C17H16N2OS2. The van der Waals surface area contributed by atoms with E-state index in [4.69, 9.17) is 0 Å². The molecule has 0 bridgehead atoms. The number of rotatable bonds is 3. The number of benzene rings is 1. The van der Waals surface area contributed by atoms with E-state index in [9.17, 15) is 4.79 Å². The van der Waals surface area contributed by atoms with E-state index in [-0.39, 0.29) is 5.91 Å². The predicted octanol–water partition coefficient (Wildman–Crippen LogP) is 5.05. The van der Waals surface area contributed by atoms with Crippen molar-refractivity contribution in [2.45, 2.75) is 20.8 Å². The number of aryl methyl sites for hydroxylation is 3. The first-order valence-electron chi connectivity index (χ1n) is 6.94. The van der Waals surface area contributed by atoms with Gasteiger partial charge in [0.05, 0.1) is 10.6 Å². The first-order valence-corrected chi connectivity index (χ1v) is 8.64. The van der Waals surface area contributed by atoms with Crippen molar-refractivity contribution < 1.29 is 4.79 Å². The summed E-state index contributed by atoms with van der Waals surface area (Å²) in [4.78, 5) is 18.5. The molecule has 5 heteroatoms. The Balaban J connectivity index is 1.87. The summed E-state index contributed by atoms with van der Waals surface area (Å²) in [7, 11) is 0. The van der Waals surface area contributed by atoms with E-state index >= 15 is 0 Å². The molecule has 0 aliphatic heterocycles. The van der Waals surface area contributed by atoms with Gasteiger partial charge < -0.3 is 0 Å². The Labute approximate surface area is 137 Å². The molecule has 0 radical (unpaired) electrons. The van der Waals surface area contributed by atoms with E-state index < -0.39 is 0 Å². The van der Waals surface area contributed by atoms with E-state index in [0.29, 0.717) is 10.0 Å². The molecule has 2 heterocycles. The largest absolute Gasteiger partial charge is 0.297 e. The minimum atomic E-state index is -0.101. The van der Waals surface area contributed by atoms with Crippen LogP contribution in [0.5, 0.6) is 0 Å². The van der Waals surface area contributed by atoms with Gasteiger partial charge in [-0.3, -0.25) is 10.1 Å². The van der Waals surface area contributed by atoms with Crippen molar-refractivity contribution in [2.75, 3.05) is 5.32 Å². The fraction of sp³-hybridized carbons (Fsp3) is 0.176. The van der Waals surface area contributed by atoms with Crippen molar-refractivity contribution in [3.8, 4) is 11.3 Å². The van der Waals surface area contributed by atoms with Crippen molar-refractivity contribution in [1.29, 1.82) is 0 Å². The summed E-state index contributed by atoms with van der Waals surface area (Å²) >= 11 is 2.93. The van der Waals surface area contributed by atoms with E-state index in [1.165, 1.54) is 33.8 Å². The van der Waals surface area contributed by atoms with Gasteiger partial charge in [0.25, 0.3) is 5.91 Å². The number of hydrogen-bond donors (Lipinski definition) is 1. The number of carbonyl (C=O) groups excluding carboxylic acids is 1. The molecule has 0 spiro atoms. The predicted molar refractivity (Wildman–Crippen MR) is 94.0 cm³/mol. The number of thiazole rings is 1. The second-order valence-corrected chi connectivity index (χ2v) is 7.31. The lowest BCUT2D eigenvalue weighted by molar-refractivity contribution is 0.103. The number of amides is 1. The standard InChI is InChI=1S/C17H16N2OS2/c1-10-6-7-13(9-11(10)2)15-12(3)22-17(18-15)19-16(20)14-5-4-8-21-14/h4-9H,1-3H3,(H,18,19,20). The topological polar surface area (TPSA) is 42.0 Å². The van der Waals surface area contributed by atoms with Crippen LogP contribution in [0.2, 0.25) is 0 Å². The number of aromatic nitrogens is 1. The Morgan fingerprint density at radius 1 is 1.14 bits per heavy atom. The molecule has 112 valence electrons. The maximum absolute atomic E-state index is 12.1. The lowest BCUT2D eigenvalue weighted by Crippen LogP contribution is -2.09. The maximum Gasteiger partial charge on any atom is 0.267 e. The zero-order chi connectivity index (χ0) is 15.7. The zero-order valence-corrected chi connectivity index (χ0v) is 14.3. The van der Waals surface area contributed by atoms with Gasteiger partial charge in [0, 0.05) is 10.4 Å². The average molecular weight is 328 g/mol. The molecule has 0 aliphatic rings. The van der Waals surface area contributed by atoms with Gasteiger partial charge in [-0.25, -0.2) is 4.98 Å². The highest BCUT2D eigenvalue weighted by Gasteiger charge is 2.14. The van der Waals surface area contributed by atoms with Crippen molar-refractivity contribution in [1.82, 2.24) is 4.98 Å². The highest BCUT2D eigenvalue weighted by Crippen LogP contribution is 2.31. The number of hydrogen-bond acceptors (Lipinski definition) is 4. The van der Waals surface area contributed by atoms with Crippen LogP contribution in [-0.4, -0.2) is 10.9 Å². The summed E-state index contributed by atoms with van der Waals surface area (Å²) in [6.07, 6.45) is 0. The summed E-state index contributed by atoms with van der Waals surface area (Å²) < 4.78 is 0. The SMILES string of the molecule is Cc1ccc(-c2nc(NC(=O)c3cccs3)sc2C)cc1C. The van der Waals surface area contributed by atoms with Crippen molar-refractivity contribution >= 4 is 33.7 Å². The van der Waals surface area contributed by atoms with Crippen molar-refractivity contribution in [3.05, 3.63) is 56.6 Å².